The highest BCUT2D eigenvalue weighted by Gasteiger charge is 2.23. The quantitative estimate of drug-likeness (QED) is 0.651. The molecule has 2 rings (SSSR count). The largest absolute Gasteiger partial charge is 0.339 e. The molecule has 4 heteroatoms. The zero-order valence-corrected chi connectivity index (χ0v) is 14.2. The van der Waals surface area contributed by atoms with Crippen LogP contribution in [-0.4, -0.2) is 23.9 Å². The van der Waals surface area contributed by atoms with Crippen LogP contribution in [0.25, 0.3) is 0 Å². The normalized spacial score (nSPS) is 16.9. The highest BCUT2D eigenvalue weighted by molar-refractivity contribution is 14.1. The van der Waals surface area contributed by atoms with E-state index >= 15 is 0 Å². The Bertz CT molecular complexity index is 441. The van der Waals surface area contributed by atoms with Crippen LogP contribution < -0.4 is 0 Å². The van der Waals surface area contributed by atoms with E-state index in [-0.39, 0.29) is 5.91 Å². The molecular weight excluding hydrogens is 405 g/mol. The fourth-order valence-electron chi connectivity index (χ4n) is 2.38. The molecule has 0 saturated carbocycles. The number of halogens is 2. The summed E-state index contributed by atoms with van der Waals surface area (Å²) in [6.45, 7) is 4.03. The summed E-state index contributed by atoms with van der Waals surface area (Å²) in [5.41, 5.74) is 0.789. The van der Waals surface area contributed by atoms with Crippen LogP contribution >= 0.6 is 38.5 Å². The highest BCUT2D eigenvalue weighted by atomic mass is 127. The second-order valence-electron chi connectivity index (χ2n) is 4.77. The van der Waals surface area contributed by atoms with Gasteiger partial charge < -0.3 is 4.90 Å². The SMILES string of the molecule is CCC1CCN(C(=O)c2cc(I)ccc2Br)CC1. The van der Waals surface area contributed by atoms with Crippen molar-refractivity contribution >= 4 is 44.4 Å². The molecule has 1 aliphatic rings. The standard InChI is InChI=1S/C14H17BrINO/c1-2-10-5-7-17(8-6-10)14(18)12-9-11(16)3-4-13(12)15/h3-4,9-10H,2,5-8H2,1H3. The molecule has 0 aliphatic carbocycles. The third-order valence-electron chi connectivity index (χ3n) is 3.64. The lowest BCUT2D eigenvalue weighted by Gasteiger charge is -2.31. The van der Waals surface area contributed by atoms with Gasteiger partial charge >= 0.3 is 0 Å². The van der Waals surface area contributed by atoms with E-state index in [0.717, 1.165) is 45.5 Å². The van der Waals surface area contributed by atoms with Gasteiger partial charge in [-0.2, -0.15) is 0 Å². The van der Waals surface area contributed by atoms with E-state index in [4.69, 9.17) is 0 Å². The van der Waals surface area contributed by atoms with Gasteiger partial charge in [0.25, 0.3) is 5.91 Å². The van der Waals surface area contributed by atoms with Crippen molar-refractivity contribution in [3.05, 3.63) is 31.8 Å². The molecule has 0 radical (unpaired) electrons. The molecule has 18 heavy (non-hydrogen) atoms. The molecule has 0 bridgehead atoms. The number of piperidine rings is 1. The summed E-state index contributed by atoms with van der Waals surface area (Å²) in [6, 6.07) is 5.91. The Kier molecular flexibility index (Phi) is 5.06. The van der Waals surface area contributed by atoms with Gasteiger partial charge in [-0.15, -0.1) is 0 Å². The fraction of sp³-hybridized carbons (Fsp3) is 0.500. The number of nitrogens with zero attached hydrogens (tertiary/aromatic N) is 1. The maximum absolute atomic E-state index is 12.5. The highest BCUT2D eigenvalue weighted by Crippen LogP contribution is 2.25. The van der Waals surface area contributed by atoms with Crippen LogP contribution in [0, 0.1) is 9.49 Å². The number of amides is 1. The molecule has 0 atom stereocenters. The van der Waals surface area contributed by atoms with Gasteiger partial charge in [-0.3, -0.25) is 4.79 Å². The van der Waals surface area contributed by atoms with Crippen molar-refractivity contribution < 1.29 is 4.79 Å². The van der Waals surface area contributed by atoms with Crippen molar-refractivity contribution in [1.82, 2.24) is 4.90 Å². The zero-order chi connectivity index (χ0) is 13.1. The molecule has 1 aliphatic heterocycles. The average Bonchev–Trinajstić information content (AvgIpc) is 2.41. The molecule has 1 aromatic rings. The van der Waals surface area contributed by atoms with Crippen LogP contribution in [0.2, 0.25) is 0 Å². The first kappa shape index (κ1) is 14.3. The van der Waals surface area contributed by atoms with Crippen LogP contribution in [-0.2, 0) is 0 Å². The molecule has 0 spiro atoms. The zero-order valence-electron chi connectivity index (χ0n) is 10.5. The van der Waals surface area contributed by atoms with E-state index in [0.29, 0.717) is 0 Å². The maximum atomic E-state index is 12.5. The first-order chi connectivity index (χ1) is 8.61. The summed E-state index contributed by atoms with van der Waals surface area (Å²) in [5, 5.41) is 0. The van der Waals surface area contributed by atoms with E-state index in [1.807, 2.05) is 23.1 Å². The van der Waals surface area contributed by atoms with Gasteiger partial charge in [-0.1, -0.05) is 13.3 Å². The van der Waals surface area contributed by atoms with E-state index < -0.39 is 0 Å². The summed E-state index contributed by atoms with van der Waals surface area (Å²) in [6.07, 6.45) is 3.52. The predicted octanol–water partition coefficient (Wildman–Crippen LogP) is 4.32. The minimum atomic E-state index is 0.162. The van der Waals surface area contributed by atoms with Crippen molar-refractivity contribution in [3.8, 4) is 0 Å². The van der Waals surface area contributed by atoms with Gasteiger partial charge in [0.15, 0.2) is 0 Å². The van der Waals surface area contributed by atoms with E-state index in [9.17, 15) is 4.79 Å². The van der Waals surface area contributed by atoms with Crippen molar-refractivity contribution in [2.75, 3.05) is 13.1 Å². The molecule has 2 nitrogen and oxygen atoms in total. The summed E-state index contributed by atoms with van der Waals surface area (Å²) in [4.78, 5) is 14.4. The molecule has 1 saturated heterocycles. The van der Waals surface area contributed by atoms with E-state index in [2.05, 4.69) is 45.4 Å². The predicted molar refractivity (Wildman–Crippen MR) is 85.8 cm³/mol. The minimum Gasteiger partial charge on any atom is -0.339 e. The van der Waals surface area contributed by atoms with E-state index in [1.165, 1.54) is 6.42 Å². The maximum Gasteiger partial charge on any atom is 0.255 e. The molecule has 1 heterocycles. The fourth-order valence-corrected chi connectivity index (χ4v) is 3.28. The van der Waals surface area contributed by atoms with Crippen LogP contribution in [0.15, 0.2) is 22.7 Å². The van der Waals surface area contributed by atoms with Gasteiger partial charge in [0.2, 0.25) is 0 Å². The minimum absolute atomic E-state index is 0.162. The van der Waals surface area contributed by atoms with Crippen molar-refractivity contribution in [1.29, 1.82) is 0 Å². The summed E-state index contributed by atoms with van der Waals surface area (Å²) in [5.74, 6) is 0.961. The third kappa shape index (κ3) is 3.26. The van der Waals surface area contributed by atoms with Crippen molar-refractivity contribution in [3.63, 3.8) is 0 Å². The lowest BCUT2D eigenvalue weighted by atomic mass is 9.94. The number of carbonyl (C=O) groups is 1. The second-order valence-corrected chi connectivity index (χ2v) is 6.87. The first-order valence-electron chi connectivity index (χ1n) is 6.36. The third-order valence-corrected chi connectivity index (χ3v) is 5.00. The lowest BCUT2D eigenvalue weighted by Crippen LogP contribution is -2.38. The molecule has 1 aromatic carbocycles. The van der Waals surface area contributed by atoms with Gasteiger partial charge in [-0.05, 0) is 75.5 Å². The second kappa shape index (κ2) is 6.37. The Morgan fingerprint density at radius 3 is 2.72 bits per heavy atom. The number of hydrogen-bond donors (Lipinski definition) is 0. The van der Waals surface area contributed by atoms with Crippen LogP contribution in [0.4, 0.5) is 0 Å². The van der Waals surface area contributed by atoms with Gasteiger partial charge in [0.1, 0.15) is 0 Å². The van der Waals surface area contributed by atoms with Crippen molar-refractivity contribution in [2.24, 2.45) is 5.92 Å². The molecule has 0 N–H and O–H groups in total. The Morgan fingerprint density at radius 2 is 2.11 bits per heavy atom. The molecule has 1 fully saturated rings. The Balaban J connectivity index is 2.10. The van der Waals surface area contributed by atoms with Crippen LogP contribution in [0.3, 0.4) is 0 Å². The monoisotopic (exact) mass is 421 g/mol. The average molecular weight is 422 g/mol. The number of benzene rings is 1. The summed E-state index contributed by atoms with van der Waals surface area (Å²) < 4.78 is 1.99. The summed E-state index contributed by atoms with van der Waals surface area (Å²) in [7, 11) is 0. The number of carbonyl (C=O) groups excluding carboxylic acids is 1. The molecule has 0 aromatic heterocycles. The molecule has 98 valence electrons. The summed E-state index contributed by atoms with van der Waals surface area (Å²) >= 11 is 5.72. The molecule has 1 amide bonds. The van der Waals surface area contributed by atoms with Gasteiger partial charge in [-0.25, -0.2) is 0 Å². The smallest absolute Gasteiger partial charge is 0.255 e. The number of hydrogen-bond acceptors (Lipinski definition) is 1. The lowest BCUT2D eigenvalue weighted by molar-refractivity contribution is 0.0688. The van der Waals surface area contributed by atoms with E-state index in [1.54, 1.807) is 0 Å². The van der Waals surface area contributed by atoms with Gasteiger partial charge in [0.05, 0.1) is 5.56 Å². The molecule has 0 unspecified atom stereocenters. The van der Waals surface area contributed by atoms with Gasteiger partial charge in [0, 0.05) is 21.1 Å². The first-order valence-corrected chi connectivity index (χ1v) is 8.23. The number of likely N-dealkylation sites (tertiary alicyclic amines) is 1. The Labute approximate surface area is 130 Å². The molecular formula is C14H17BrINO. The van der Waals surface area contributed by atoms with Crippen molar-refractivity contribution in [2.45, 2.75) is 26.2 Å². The topological polar surface area (TPSA) is 20.3 Å². The van der Waals surface area contributed by atoms with Crippen LogP contribution in [0.5, 0.6) is 0 Å². The van der Waals surface area contributed by atoms with Crippen LogP contribution in [0.1, 0.15) is 36.5 Å². The number of rotatable bonds is 2. The Hall–Kier alpha value is -0.100. The Morgan fingerprint density at radius 1 is 1.44 bits per heavy atom.